The third-order valence-corrected chi connectivity index (χ3v) is 8.28. The second-order valence-corrected chi connectivity index (χ2v) is 11.0. The van der Waals surface area contributed by atoms with E-state index >= 15 is 4.39 Å². The van der Waals surface area contributed by atoms with Crippen LogP contribution < -0.4 is 15.5 Å². The Hall–Kier alpha value is -2.90. The average molecular weight is 568 g/mol. The first-order chi connectivity index (χ1) is 18.6. The summed E-state index contributed by atoms with van der Waals surface area (Å²) < 4.78 is 70.3. The van der Waals surface area contributed by atoms with Crippen molar-refractivity contribution < 1.29 is 22.0 Å². The van der Waals surface area contributed by atoms with Gasteiger partial charge in [0.2, 0.25) is 5.82 Å². The topological polar surface area (TPSA) is 69.2 Å². The molecule has 0 radical (unpaired) electrons. The van der Waals surface area contributed by atoms with Crippen molar-refractivity contribution in [2.45, 2.75) is 57.9 Å². The lowest BCUT2D eigenvalue weighted by Gasteiger charge is -2.36. The van der Waals surface area contributed by atoms with E-state index in [2.05, 4.69) is 37.4 Å². The van der Waals surface area contributed by atoms with Gasteiger partial charge in [0, 0.05) is 48.7 Å². The van der Waals surface area contributed by atoms with Gasteiger partial charge < -0.3 is 15.5 Å². The van der Waals surface area contributed by atoms with Gasteiger partial charge in [-0.05, 0) is 50.9 Å². The Morgan fingerprint density at radius 2 is 1.97 bits per heavy atom. The van der Waals surface area contributed by atoms with E-state index in [0.29, 0.717) is 43.2 Å². The van der Waals surface area contributed by atoms with Crippen LogP contribution in [0.5, 0.6) is 0 Å². The highest BCUT2D eigenvalue weighted by Gasteiger charge is 2.33. The smallest absolute Gasteiger partial charge is 0.348 e. The molecule has 2 aliphatic heterocycles. The molecule has 210 valence electrons. The number of thiazole rings is 1. The molecule has 5 rings (SSSR count). The Morgan fingerprint density at radius 1 is 1.15 bits per heavy atom. The molecule has 0 unspecified atom stereocenters. The van der Waals surface area contributed by atoms with Crippen LogP contribution in [0.2, 0.25) is 0 Å². The van der Waals surface area contributed by atoms with Crippen LogP contribution in [-0.4, -0.2) is 58.1 Å². The summed E-state index contributed by atoms with van der Waals surface area (Å²) in [5.41, 5.74) is -0.841. The summed E-state index contributed by atoms with van der Waals surface area (Å²) in [5.74, 6) is -1.53. The molecule has 0 aliphatic carbocycles. The first-order valence-electron chi connectivity index (χ1n) is 13.0. The van der Waals surface area contributed by atoms with Gasteiger partial charge in [0.05, 0.1) is 11.3 Å². The van der Waals surface area contributed by atoms with Crippen LogP contribution >= 0.6 is 11.3 Å². The summed E-state index contributed by atoms with van der Waals surface area (Å²) in [4.78, 5) is 17.6. The van der Waals surface area contributed by atoms with E-state index < -0.39 is 23.4 Å². The molecule has 2 fully saturated rings. The third kappa shape index (κ3) is 5.99. The predicted molar refractivity (Wildman–Crippen MR) is 141 cm³/mol. The zero-order valence-electron chi connectivity index (χ0n) is 21.7. The molecular formula is C26H30F5N7S. The number of benzene rings is 1. The molecule has 2 N–H and O–H groups in total. The van der Waals surface area contributed by atoms with E-state index in [0.717, 1.165) is 37.9 Å². The monoisotopic (exact) mass is 567 g/mol. The fourth-order valence-electron chi connectivity index (χ4n) is 5.19. The summed E-state index contributed by atoms with van der Waals surface area (Å²) in [5, 5.41) is 6.47. The van der Waals surface area contributed by atoms with Crippen molar-refractivity contribution in [3.63, 3.8) is 0 Å². The van der Waals surface area contributed by atoms with Gasteiger partial charge >= 0.3 is 6.18 Å². The lowest BCUT2D eigenvalue weighted by molar-refractivity contribution is -0.137. The van der Waals surface area contributed by atoms with Crippen molar-refractivity contribution in [2.24, 2.45) is 0 Å². The van der Waals surface area contributed by atoms with Crippen LogP contribution in [0.3, 0.4) is 0 Å². The number of likely N-dealkylation sites (tertiary alicyclic amines) is 1. The summed E-state index contributed by atoms with van der Waals surface area (Å²) in [6.45, 7) is 7.39. The van der Waals surface area contributed by atoms with Gasteiger partial charge in [0.15, 0.2) is 16.8 Å². The highest BCUT2D eigenvalue weighted by Crippen LogP contribution is 2.39. The summed E-state index contributed by atoms with van der Waals surface area (Å²) in [7, 11) is 0. The fraction of sp³-hybridized carbons (Fsp3) is 0.500. The van der Waals surface area contributed by atoms with Gasteiger partial charge in [0.1, 0.15) is 12.1 Å². The van der Waals surface area contributed by atoms with E-state index in [1.165, 1.54) is 17.7 Å². The number of aromatic nitrogens is 3. The van der Waals surface area contributed by atoms with Crippen molar-refractivity contribution in [1.29, 1.82) is 0 Å². The fourth-order valence-corrected chi connectivity index (χ4v) is 6.20. The Kier molecular flexibility index (Phi) is 8.01. The molecule has 0 saturated carbocycles. The number of nitrogens with one attached hydrogen (secondary N) is 2. The Bertz CT molecular complexity index is 1310. The van der Waals surface area contributed by atoms with Gasteiger partial charge in [-0.3, -0.25) is 4.90 Å². The van der Waals surface area contributed by atoms with Gasteiger partial charge in [-0.25, -0.2) is 19.3 Å². The molecule has 4 heterocycles. The minimum Gasteiger partial charge on any atom is -0.348 e. The van der Waals surface area contributed by atoms with Gasteiger partial charge in [-0.15, -0.1) is 0 Å². The Labute approximate surface area is 227 Å². The second kappa shape index (κ2) is 11.3. The number of nitrogens with zero attached hydrogens (tertiary/aromatic N) is 5. The van der Waals surface area contributed by atoms with Gasteiger partial charge in [-0.2, -0.15) is 17.6 Å². The van der Waals surface area contributed by atoms with E-state index in [4.69, 9.17) is 0 Å². The van der Waals surface area contributed by atoms with Crippen molar-refractivity contribution >= 4 is 28.1 Å². The normalized spacial score (nSPS) is 20.5. The molecule has 2 aliphatic rings. The highest BCUT2D eigenvalue weighted by atomic mass is 32.1. The lowest BCUT2D eigenvalue weighted by atomic mass is 10.1. The van der Waals surface area contributed by atoms with Crippen molar-refractivity contribution in [3.05, 3.63) is 46.6 Å². The number of hydrogen-bond acceptors (Lipinski definition) is 8. The Morgan fingerprint density at radius 3 is 2.69 bits per heavy atom. The van der Waals surface area contributed by atoms with Crippen LogP contribution in [-0.2, 0) is 12.7 Å². The zero-order valence-corrected chi connectivity index (χ0v) is 22.5. The minimum atomic E-state index is -4.71. The van der Waals surface area contributed by atoms with Crippen molar-refractivity contribution in [2.75, 3.05) is 36.4 Å². The first-order valence-corrected chi connectivity index (χ1v) is 13.8. The van der Waals surface area contributed by atoms with Crippen LogP contribution in [0.25, 0.3) is 11.3 Å². The molecule has 0 amide bonds. The summed E-state index contributed by atoms with van der Waals surface area (Å²) >= 11 is 1.19. The van der Waals surface area contributed by atoms with Crippen LogP contribution in [0.4, 0.5) is 38.7 Å². The summed E-state index contributed by atoms with van der Waals surface area (Å²) in [6, 6.07) is 2.78. The largest absolute Gasteiger partial charge is 0.416 e. The standard InChI is InChI=1S/C26H30F5N7S/c1-3-19-12-32-6-8-38(19)24-21(28)23(33-14-34-24)36-25-35-22(20(39-25)13-37-7-4-5-15(37)2)16-9-17(26(29,30)31)11-18(27)10-16/h9-11,14-15,19,32H,3-8,12-13H2,1-2H3,(H,33,34,35,36)/t15-,19-/m1/s1. The number of piperazine rings is 1. The quantitative estimate of drug-likeness (QED) is 0.349. The molecule has 2 atom stereocenters. The van der Waals surface area contributed by atoms with Crippen LogP contribution in [0.1, 0.15) is 43.6 Å². The molecule has 13 heteroatoms. The molecule has 39 heavy (non-hydrogen) atoms. The number of anilines is 3. The van der Waals surface area contributed by atoms with Gasteiger partial charge in [0.25, 0.3) is 0 Å². The maximum absolute atomic E-state index is 15.6. The predicted octanol–water partition coefficient (Wildman–Crippen LogP) is 5.81. The highest BCUT2D eigenvalue weighted by molar-refractivity contribution is 7.16. The maximum atomic E-state index is 15.6. The van der Waals surface area contributed by atoms with E-state index in [1.807, 2.05) is 11.8 Å². The molecule has 7 nitrogen and oxygen atoms in total. The minimum absolute atomic E-state index is 0.0175. The number of alkyl halides is 3. The molecule has 0 bridgehead atoms. The van der Waals surface area contributed by atoms with Crippen molar-refractivity contribution in [1.82, 2.24) is 25.2 Å². The van der Waals surface area contributed by atoms with E-state index in [1.54, 1.807) is 0 Å². The molecular weight excluding hydrogens is 537 g/mol. The van der Waals surface area contributed by atoms with E-state index in [-0.39, 0.29) is 34.1 Å². The summed E-state index contributed by atoms with van der Waals surface area (Å²) in [6.07, 6.45) is -0.603. The molecule has 2 saturated heterocycles. The average Bonchev–Trinajstić information content (AvgIpc) is 3.50. The van der Waals surface area contributed by atoms with Crippen LogP contribution in [0.15, 0.2) is 24.5 Å². The number of rotatable bonds is 7. The third-order valence-electron chi connectivity index (χ3n) is 7.32. The first kappa shape index (κ1) is 27.7. The van der Waals surface area contributed by atoms with Crippen LogP contribution in [0, 0.1) is 11.6 Å². The zero-order chi connectivity index (χ0) is 27.7. The second-order valence-electron chi connectivity index (χ2n) is 9.92. The Balaban J connectivity index is 1.51. The molecule has 3 aromatic rings. The van der Waals surface area contributed by atoms with Gasteiger partial charge in [-0.1, -0.05) is 18.3 Å². The molecule has 2 aromatic heterocycles. The maximum Gasteiger partial charge on any atom is 0.416 e. The lowest BCUT2D eigenvalue weighted by Crippen LogP contribution is -2.51. The number of hydrogen-bond donors (Lipinski definition) is 2. The number of halogens is 5. The van der Waals surface area contributed by atoms with Crippen molar-refractivity contribution in [3.8, 4) is 11.3 Å². The van der Waals surface area contributed by atoms with E-state index in [9.17, 15) is 17.6 Å². The molecule has 0 spiro atoms. The SMILES string of the molecule is CC[C@@H]1CNCCN1c1ncnc(Nc2nc(-c3cc(F)cc(C(F)(F)F)c3)c(CN3CCC[C@H]3C)s2)c1F. The molecule has 1 aromatic carbocycles.